The van der Waals surface area contributed by atoms with Gasteiger partial charge in [-0.3, -0.25) is 0 Å². The van der Waals surface area contributed by atoms with Crippen LogP contribution in [-0.2, 0) is 25.0 Å². The van der Waals surface area contributed by atoms with Crippen molar-refractivity contribution in [1.29, 1.82) is 0 Å². The maximum absolute atomic E-state index is 6.37. The summed E-state index contributed by atoms with van der Waals surface area (Å²) in [5, 5.41) is 0. The van der Waals surface area contributed by atoms with E-state index in [9.17, 15) is 0 Å². The van der Waals surface area contributed by atoms with Gasteiger partial charge in [-0.2, -0.15) is 0 Å². The van der Waals surface area contributed by atoms with E-state index in [-0.39, 0.29) is 42.5 Å². The third-order valence-electron chi connectivity index (χ3n) is 7.24. The summed E-state index contributed by atoms with van der Waals surface area (Å²) in [5.74, 6) is 0.161. The Bertz CT molecular complexity index is 711. The molecular weight excluding hydrogens is 374 g/mol. The molecule has 1 atom stereocenters. The summed E-state index contributed by atoms with van der Waals surface area (Å²) in [6.07, 6.45) is 7.06. The molecule has 2 aliphatic heterocycles. The molecule has 2 heterocycles. The lowest BCUT2D eigenvalue weighted by Gasteiger charge is -2.32. The van der Waals surface area contributed by atoms with E-state index in [1.54, 1.807) is 0 Å². The Labute approximate surface area is 184 Å². The maximum Gasteiger partial charge on any atom is 0.465 e. The second-order valence-electron chi connectivity index (χ2n) is 10.7. The van der Waals surface area contributed by atoms with Crippen LogP contribution in [0.3, 0.4) is 0 Å². The molecular formula is C24H38B2O4. The van der Waals surface area contributed by atoms with E-state index < -0.39 is 0 Å². The highest BCUT2D eigenvalue weighted by atomic mass is 16.7. The van der Waals surface area contributed by atoms with Gasteiger partial charge in [0.05, 0.1) is 22.4 Å². The summed E-state index contributed by atoms with van der Waals surface area (Å²) in [7, 11) is -0.479. The zero-order valence-corrected chi connectivity index (χ0v) is 20.0. The Hall–Kier alpha value is -1.07. The molecule has 6 heteroatoms. The summed E-state index contributed by atoms with van der Waals surface area (Å²) in [6, 6.07) is 10.6. The molecule has 2 saturated heterocycles. The molecule has 1 aromatic rings. The number of hydrogen-bond acceptors (Lipinski definition) is 4. The Balaban J connectivity index is 1.67. The van der Waals surface area contributed by atoms with E-state index in [2.05, 4.69) is 97.9 Å². The van der Waals surface area contributed by atoms with E-state index in [1.807, 2.05) is 0 Å². The van der Waals surface area contributed by atoms with Crippen molar-refractivity contribution in [3.63, 3.8) is 0 Å². The molecule has 0 saturated carbocycles. The largest absolute Gasteiger partial charge is 0.465 e. The molecule has 0 bridgehead atoms. The Morgan fingerprint density at radius 1 is 0.767 bits per heavy atom. The molecule has 0 N–H and O–H groups in total. The summed E-state index contributed by atoms with van der Waals surface area (Å²) < 4.78 is 25.0. The first-order valence-corrected chi connectivity index (χ1v) is 11.2. The predicted octanol–water partition coefficient (Wildman–Crippen LogP) is 5.73. The predicted molar refractivity (Wildman–Crippen MR) is 125 cm³/mol. The van der Waals surface area contributed by atoms with Crippen molar-refractivity contribution in [2.24, 2.45) is 0 Å². The van der Waals surface area contributed by atoms with Gasteiger partial charge in [0.25, 0.3) is 0 Å². The van der Waals surface area contributed by atoms with Crippen LogP contribution in [0.2, 0.25) is 12.1 Å². The monoisotopic (exact) mass is 412 g/mol. The smallest absolute Gasteiger partial charge is 0.403 e. The molecule has 0 aromatic heterocycles. The topological polar surface area (TPSA) is 36.9 Å². The standard InChI is InChI=1S/C24H38B2O4/c1-21(2)22(3,4)28-25(27-21)18-12-15-20(17-16-19-13-10-9-11-14-19)26-29-23(5,6)24(7,8)30-26/h9-15,20H,16-18H2,1-8H3/b15-12-/t20-/m0/s1. The summed E-state index contributed by atoms with van der Waals surface area (Å²) in [4.78, 5) is 0. The second kappa shape index (κ2) is 8.46. The summed E-state index contributed by atoms with van der Waals surface area (Å²) >= 11 is 0. The minimum absolute atomic E-state index is 0.161. The van der Waals surface area contributed by atoms with Crippen molar-refractivity contribution >= 4 is 14.2 Å². The van der Waals surface area contributed by atoms with Gasteiger partial charge in [0.1, 0.15) is 0 Å². The van der Waals surface area contributed by atoms with Crippen molar-refractivity contribution in [3.05, 3.63) is 48.0 Å². The molecule has 30 heavy (non-hydrogen) atoms. The van der Waals surface area contributed by atoms with Crippen molar-refractivity contribution in [2.75, 3.05) is 0 Å². The zero-order valence-electron chi connectivity index (χ0n) is 20.0. The number of aryl methyl sites for hydroxylation is 1. The molecule has 2 fully saturated rings. The van der Waals surface area contributed by atoms with E-state index in [0.29, 0.717) is 6.32 Å². The molecule has 0 aliphatic carbocycles. The van der Waals surface area contributed by atoms with Gasteiger partial charge in [0, 0.05) is 12.1 Å². The van der Waals surface area contributed by atoms with Crippen LogP contribution >= 0.6 is 0 Å². The first kappa shape index (κ1) is 23.6. The van der Waals surface area contributed by atoms with E-state index >= 15 is 0 Å². The number of hydrogen-bond donors (Lipinski definition) is 0. The fourth-order valence-corrected chi connectivity index (χ4v) is 3.79. The Kier molecular flexibility index (Phi) is 6.65. The molecule has 4 nitrogen and oxygen atoms in total. The van der Waals surface area contributed by atoms with Crippen LogP contribution in [0.1, 0.15) is 67.4 Å². The molecule has 0 amide bonds. The van der Waals surface area contributed by atoms with Crippen molar-refractivity contribution in [2.45, 2.75) is 103 Å². The van der Waals surface area contributed by atoms with Crippen LogP contribution < -0.4 is 0 Å². The molecule has 1 aromatic carbocycles. The van der Waals surface area contributed by atoms with Gasteiger partial charge in [-0.15, -0.1) is 0 Å². The van der Waals surface area contributed by atoms with Crippen molar-refractivity contribution < 1.29 is 18.6 Å². The fraction of sp³-hybridized carbons (Fsp3) is 0.667. The fourth-order valence-electron chi connectivity index (χ4n) is 3.79. The molecule has 164 valence electrons. The van der Waals surface area contributed by atoms with Crippen LogP contribution in [0.15, 0.2) is 42.5 Å². The molecule has 0 spiro atoms. The molecule has 0 radical (unpaired) electrons. The number of benzene rings is 1. The Morgan fingerprint density at radius 2 is 1.27 bits per heavy atom. The summed E-state index contributed by atoms with van der Waals surface area (Å²) in [6.45, 7) is 16.8. The van der Waals surface area contributed by atoms with Gasteiger partial charge in [-0.05, 0) is 73.8 Å². The van der Waals surface area contributed by atoms with Gasteiger partial charge in [-0.25, -0.2) is 0 Å². The van der Waals surface area contributed by atoms with Crippen molar-refractivity contribution in [3.8, 4) is 0 Å². The van der Waals surface area contributed by atoms with Crippen LogP contribution in [-0.4, -0.2) is 36.6 Å². The first-order valence-electron chi connectivity index (χ1n) is 11.2. The van der Waals surface area contributed by atoms with Crippen LogP contribution in [0.4, 0.5) is 0 Å². The second-order valence-corrected chi connectivity index (χ2v) is 10.7. The first-order chi connectivity index (χ1) is 13.8. The lowest BCUT2D eigenvalue weighted by atomic mass is 9.68. The zero-order chi connectivity index (χ0) is 22.2. The lowest BCUT2D eigenvalue weighted by Crippen LogP contribution is -2.41. The summed E-state index contributed by atoms with van der Waals surface area (Å²) in [5.41, 5.74) is 0.0663. The van der Waals surface area contributed by atoms with E-state index in [0.717, 1.165) is 12.8 Å². The maximum atomic E-state index is 6.37. The number of rotatable bonds is 7. The quantitative estimate of drug-likeness (QED) is 0.424. The SMILES string of the molecule is CC1(C)OB(C/C=C\[C@@H](CCc2ccccc2)B2OC(C)(C)C(C)(C)O2)OC1(C)C. The van der Waals surface area contributed by atoms with E-state index in [4.69, 9.17) is 18.6 Å². The van der Waals surface area contributed by atoms with Gasteiger partial charge < -0.3 is 18.6 Å². The third kappa shape index (κ3) is 5.04. The lowest BCUT2D eigenvalue weighted by molar-refractivity contribution is 0.00578. The third-order valence-corrected chi connectivity index (χ3v) is 7.24. The van der Waals surface area contributed by atoms with Crippen LogP contribution in [0.25, 0.3) is 0 Å². The average molecular weight is 412 g/mol. The highest BCUT2D eigenvalue weighted by Gasteiger charge is 2.53. The molecule has 2 aliphatic rings. The minimum atomic E-state index is -0.331. The normalized spacial score (nSPS) is 25.2. The highest BCUT2D eigenvalue weighted by Crippen LogP contribution is 2.42. The van der Waals surface area contributed by atoms with Gasteiger partial charge >= 0.3 is 14.2 Å². The average Bonchev–Trinajstić information content (AvgIpc) is 2.97. The van der Waals surface area contributed by atoms with Gasteiger partial charge in [0.2, 0.25) is 0 Å². The number of allylic oxidation sites excluding steroid dienone is 2. The van der Waals surface area contributed by atoms with Gasteiger partial charge in [-0.1, -0.05) is 42.5 Å². The van der Waals surface area contributed by atoms with Crippen molar-refractivity contribution in [1.82, 2.24) is 0 Å². The van der Waals surface area contributed by atoms with Crippen LogP contribution in [0.5, 0.6) is 0 Å². The Morgan fingerprint density at radius 3 is 1.80 bits per heavy atom. The molecule has 0 unspecified atom stereocenters. The van der Waals surface area contributed by atoms with Gasteiger partial charge in [0.15, 0.2) is 0 Å². The van der Waals surface area contributed by atoms with Crippen LogP contribution in [0, 0.1) is 0 Å². The van der Waals surface area contributed by atoms with E-state index in [1.165, 1.54) is 5.56 Å². The highest BCUT2D eigenvalue weighted by molar-refractivity contribution is 6.48. The minimum Gasteiger partial charge on any atom is -0.403 e. The molecule has 3 rings (SSSR count).